The van der Waals surface area contributed by atoms with E-state index in [0.29, 0.717) is 19.8 Å². The molecule has 6 nitrogen and oxygen atoms in total. The summed E-state index contributed by atoms with van der Waals surface area (Å²) in [7, 11) is 3.17. The van der Waals surface area contributed by atoms with Crippen molar-refractivity contribution < 1.29 is 19.0 Å². The van der Waals surface area contributed by atoms with Crippen LogP contribution in [0, 0.1) is 6.92 Å². The van der Waals surface area contributed by atoms with Crippen LogP contribution in [-0.4, -0.2) is 46.0 Å². The van der Waals surface area contributed by atoms with Crippen LogP contribution in [0.25, 0.3) is 0 Å². The van der Waals surface area contributed by atoms with Gasteiger partial charge in [0.2, 0.25) is 5.91 Å². The number of hydrogen-bond acceptors (Lipinski definition) is 5. The van der Waals surface area contributed by atoms with E-state index in [9.17, 15) is 4.79 Å². The van der Waals surface area contributed by atoms with E-state index in [1.807, 2.05) is 25.1 Å². The van der Waals surface area contributed by atoms with Gasteiger partial charge in [-0.05, 0) is 30.7 Å². The van der Waals surface area contributed by atoms with Crippen LogP contribution in [0.3, 0.4) is 0 Å². The van der Waals surface area contributed by atoms with Crippen molar-refractivity contribution in [3.05, 3.63) is 23.8 Å². The highest BCUT2D eigenvalue weighted by Gasteiger charge is 2.12. The molecule has 118 valence electrons. The van der Waals surface area contributed by atoms with E-state index in [4.69, 9.17) is 19.9 Å². The first-order valence-electron chi connectivity index (χ1n) is 6.85. The molecular weight excluding hydrogens is 272 g/mol. The molecule has 0 bridgehead atoms. The minimum absolute atomic E-state index is 0.122. The highest BCUT2D eigenvalue weighted by Crippen LogP contribution is 2.21. The molecule has 6 heteroatoms. The van der Waals surface area contributed by atoms with Crippen molar-refractivity contribution in [3.8, 4) is 5.75 Å². The second kappa shape index (κ2) is 9.33. The molecule has 0 aliphatic carbocycles. The summed E-state index contributed by atoms with van der Waals surface area (Å²) in [6.07, 6.45) is -0.0274. The Balaban J connectivity index is 2.57. The number of nitrogens with one attached hydrogen (secondary N) is 1. The van der Waals surface area contributed by atoms with Gasteiger partial charge in [0.05, 0.1) is 19.1 Å². The van der Waals surface area contributed by atoms with Gasteiger partial charge in [0, 0.05) is 26.5 Å². The first-order valence-corrected chi connectivity index (χ1v) is 6.85. The van der Waals surface area contributed by atoms with Gasteiger partial charge in [-0.2, -0.15) is 0 Å². The maximum Gasteiger partial charge on any atom is 0.227 e. The highest BCUT2D eigenvalue weighted by atomic mass is 16.5. The lowest BCUT2D eigenvalue weighted by Crippen LogP contribution is -2.28. The molecular formula is C15H24N2O4. The molecule has 0 heterocycles. The quantitative estimate of drug-likeness (QED) is 0.672. The van der Waals surface area contributed by atoms with Crippen LogP contribution in [0.5, 0.6) is 5.75 Å². The van der Waals surface area contributed by atoms with Gasteiger partial charge in [-0.25, -0.2) is 0 Å². The number of nitrogens with two attached hydrogens (primary N) is 1. The summed E-state index contributed by atoms with van der Waals surface area (Å²) in [5, 5.41) is 2.85. The molecule has 1 aromatic carbocycles. The fourth-order valence-corrected chi connectivity index (χ4v) is 1.78. The summed E-state index contributed by atoms with van der Waals surface area (Å²) in [6, 6.07) is 5.51. The van der Waals surface area contributed by atoms with Gasteiger partial charge in [0.25, 0.3) is 0 Å². The molecule has 0 aliphatic rings. The van der Waals surface area contributed by atoms with Crippen LogP contribution >= 0.6 is 0 Å². The van der Waals surface area contributed by atoms with E-state index in [-0.39, 0.29) is 18.4 Å². The molecule has 0 saturated carbocycles. The zero-order valence-electron chi connectivity index (χ0n) is 12.8. The number of ether oxygens (including phenoxy) is 3. The van der Waals surface area contributed by atoms with Gasteiger partial charge in [-0.15, -0.1) is 0 Å². The lowest BCUT2D eigenvalue weighted by Gasteiger charge is -2.14. The largest absolute Gasteiger partial charge is 0.491 e. The van der Waals surface area contributed by atoms with Crippen molar-refractivity contribution in [2.45, 2.75) is 19.4 Å². The molecule has 0 spiro atoms. The molecule has 0 radical (unpaired) electrons. The minimum atomic E-state index is -0.262. The Kier molecular flexibility index (Phi) is 7.74. The van der Waals surface area contributed by atoms with Crippen molar-refractivity contribution in [1.29, 1.82) is 0 Å². The molecule has 1 amide bonds. The fraction of sp³-hybridized carbons (Fsp3) is 0.533. The average molecular weight is 296 g/mol. The van der Waals surface area contributed by atoms with E-state index in [1.165, 1.54) is 0 Å². The number of anilines is 1. The molecule has 1 unspecified atom stereocenters. The third kappa shape index (κ3) is 6.12. The number of amides is 1. The van der Waals surface area contributed by atoms with Crippen LogP contribution in [0.4, 0.5) is 5.69 Å². The number of aryl methyl sites for hydroxylation is 1. The minimum Gasteiger partial charge on any atom is -0.491 e. The molecule has 21 heavy (non-hydrogen) atoms. The van der Waals surface area contributed by atoms with Crippen molar-refractivity contribution >= 4 is 11.6 Å². The van der Waals surface area contributed by atoms with Crippen LogP contribution in [0.15, 0.2) is 18.2 Å². The van der Waals surface area contributed by atoms with Crippen LogP contribution in [-0.2, 0) is 14.3 Å². The Morgan fingerprint density at radius 2 is 2.10 bits per heavy atom. The Hall–Kier alpha value is -1.63. The Morgan fingerprint density at radius 3 is 2.67 bits per heavy atom. The van der Waals surface area contributed by atoms with Crippen molar-refractivity contribution in [2.75, 3.05) is 39.3 Å². The number of carbonyl (C=O) groups excluding carboxylic acids is 1. The Bertz CT molecular complexity index is 447. The lowest BCUT2D eigenvalue weighted by atomic mass is 10.1. The highest BCUT2D eigenvalue weighted by molar-refractivity contribution is 5.91. The summed E-state index contributed by atoms with van der Waals surface area (Å²) in [6.45, 7) is 3.26. The first kappa shape index (κ1) is 17.4. The molecule has 1 rings (SSSR count). The number of carbonyl (C=O) groups is 1. The zero-order valence-corrected chi connectivity index (χ0v) is 12.8. The summed E-state index contributed by atoms with van der Waals surface area (Å²) >= 11 is 0. The van der Waals surface area contributed by atoms with E-state index in [2.05, 4.69) is 5.32 Å². The van der Waals surface area contributed by atoms with Crippen molar-refractivity contribution in [3.63, 3.8) is 0 Å². The molecule has 0 fully saturated rings. The molecule has 0 aliphatic heterocycles. The van der Waals surface area contributed by atoms with Crippen LogP contribution < -0.4 is 15.8 Å². The maximum atomic E-state index is 11.9. The second-order valence-corrected chi connectivity index (χ2v) is 4.66. The smallest absolute Gasteiger partial charge is 0.227 e. The molecule has 0 aromatic heterocycles. The van der Waals surface area contributed by atoms with Gasteiger partial charge in [0.1, 0.15) is 12.4 Å². The summed E-state index contributed by atoms with van der Waals surface area (Å²) in [5.74, 6) is 0.628. The predicted octanol–water partition coefficient (Wildman–Crippen LogP) is 1.32. The summed E-state index contributed by atoms with van der Waals surface area (Å²) in [4.78, 5) is 11.9. The number of hydrogen-bond donors (Lipinski definition) is 2. The standard InChI is InChI=1S/C15H24N2O4/c1-11-8-12(21-7-6-19-2)4-5-14(11)17-15(18)9-13(10-16)20-3/h4-5,8,13H,6-7,9-10,16H2,1-3H3,(H,17,18). The number of rotatable bonds is 9. The topological polar surface area (TPSA) is 82.8 Å². The summed E-state index contributed by atoms with van der Waals surface area (Å²) in [5.41, 5.74) is 7.19. The van der Waals surface area contributed by atoms with E-state index in [0.717, 1.165) is 17.0 Å². The van der Waals surface area contributed by atoms with Crippen molar-refractivity contribution in [1.82, 2.24) is 0 Å². The first-order chi connectivity index (χ1) is 10.1. The third-order valence-corrected chi connectivity index (χ3v) is 3.04. The lowest BCUT2D eigenvalue weighted by molar-refractivity contribution is -0.118. The predicted molar refractivity (Wildman–Crippen MR) is 81.6 cm³/mol. The van der Waals surface area contributed by atoms with Crippen LogP contribution in [0.1, 0.15) is 12.0 Å². The van der Waals surface area contributed by atoms with Gasteiger partial charge in [0.15, 0.2) is 0 Å². The maximum absolute atomic E-state index is 11.9. The molecule has 3 N–H and O–H groups in total. The van der Waals surface area contributed by atoms with Gasteiger partial charge in [-0.3, -0.25) is 4.79 Å². The monoisotopic (exact) mass is 296 g/mol. The number of benzene rings is 1. The normalized spacial score (nSPS) is 12.0. The van der Waals surface area contributed by atoms with E-state index in [1.54, 1.807) is 14.2 Å². The average Bonchev–Trinajstić information content (AvgIpc) is 2.47. The zero-order chi connectivity index (χ0) is 15.7. The van der Waals surface area contributed by atoms with Gasteiger partial charge < -0.3 is 25.3 Å². The van der Waals surface area contributed by atoms with E-state index >= 15 is 0 Å². The fourth-order valence-electron chi connectivity index (χ4n) is 1.78. The second-order valence-electron chi connectivity index (χ2n) is 4.66. The van der Waals surface area contributed by atoms with Gasteiger partial charge >= 0.3 is 0 Å². The SMILES string of the molecule is COCCOc1ccc(NC(=O)CC(CN)OC)c(C)c1. The molecule has 0 saturated heterocycles. The third-order valence-electron chi connectivity index (χ3n) is 3.04. The Morgan fingerprint density at radius 1 is 1.33 bits per heavy atom. The van der Waals surface area contributed by atoms with Crippen molar-refractivity contribution in [2.24, 2.45) is 5.73 Å². The number of methoxy groups -OCH3 is 2. The summed E-state index contributed by atoms with van der Waals surface area (Å²) < 4.78 is 15.5. The molecule has 1 aromatic rings. The van der Waals surface area contributed by atoms with Crippen LogP contribution in [0.2, 0.25) is 0 Å². The molecule has 1 atom stereocenters. The Labute approximate surface area is 125 Å². The van der Waals surface area contributed by atoms with E-state index < -0.39 is 0 Å². The van der Waals surface area contributed by atoms with Gasteiger partial charge in [-0.1, -0.05) is 0 Å².